The van der Waals surface area contributed by atoms with E-state index in [2.05, 4.69) is 0 Å². The van der Waals surface area contributed by atoms with Gasteiger partial charge >= 0.3 is 0 Å². The lowest BCUT2D eigenvalue weighted by molar-refractivity contribution is -0.172. The van der Waals surface area contributed by atoms with E-state index in [0.717, 1.165) is 16.7 Å². The van der Waals surface area contributed by atoms with Gasteiger partial charge in [-0.15, -0.1) is 0 Å². The lowest BCUT2D eigenvalue weighted by Crippen LogP contribution is -2.77. The molecule has 2 aliphatic heterocycles. The minimum absolute atomic E-state index is 0.0255. The molecule has 4 aliphatic rings. The van der Waals surface area contributed by atoms with E-state index in [1.54, 1.807) is 23.1 Å². The molecule has 3 aromatic carbocycles. The maximum absolute atomic E-state index is 13.9. The van der Waals surface area contributed by atoms with Gasteiger partial charge in [0.2, 0.25) is 0 Å². The molecule has 4 atom stereocenters. The van der Waals surface area contributed by atoms with Gasteiger partial charge in [0.1, 0.15) is 5.60 Å². The Morgan fingerprint density at radius 2 is 1.75 bits per heavy atom. The molecule has 7 rings (SSSR count). The number of nitrogens with zero attached hydrogens (tertiary/aromatic N) is 1. The van der Waals surface area contributed by atoms with Gasteiger partial charge in [-0.2, -0.15) is 0 Å². The normalized spacial score (nSPS) is 30.6. The first-order valence-electron chi connectivity index (χ1n) is 12.3. The molecule has 1 saturated carbocycles. The van der Waals surface area contributed by atoms with E-state index in [0.29, 0.717) is 36.3 Å². The van der Waals surface area contributed by atoms with Crippen LogP contribution in [0, 0.1) is 0 Å². The number of piperidine rings is 1. The molecule has 0 unspecified atom stereocenters. The summed E-state index contributed by atoms with van der Waals surface area (Å²) in [6, 6.07) is 21.5. The van der Waals surface area contributed by atoms with E-state index in [-0.39, 0.29) is 23.9 Å². The van der Waals surface area contributed by atoms with Crippen LogP contribution in [0.15, 0.2) is 78.4 Å². The third-order valence-electron chi connectivity index (χ3n) is 8.65. The molecular formula is C30H25NO5. The number of ether oxygens (including phenoxy) is 1. The van der Waals surface area contributed by atoms with Crippen molar-refractivity contribution in [3.05, 3.63) is 101 Å². The zero-order chi connectivity index (χ0) is 24.7. The van der Waals surface area contributed by atoms with Gasteiger partial charge in [-0.05, 0) is 48.2 Å². The van der Waals surface area contributed by atoms with Crippen LogP contribution in [-0.2, 0) is 16.6 Å². The highest BCUT2D eigenvalue weighted by molar-refractivity contribution is 6.06. The number of hydrogen-bond acceptors (Lipinski definition) is 5. The van der Waals surface area contributed by atoms with Gasteiger partial charge < -0.3 is 19.8 Å². The number of hydrogen-bond donors (Lipinski definition) is 2. The summed E-state index contributed by atoms with van der Waals surface area (Å²) in [5.74, 6) is -0.0325. The number of Topliss-reactive ketones (excluding diaryl/α,β-unsaturated/α-hetero) is 1. The number of carbonyl (C=O) groups is 2. The quantitative estimate of drug-likeness (QED) is 0.548. The second kappa shape index (κ2) is 7.31. The van der Waals surface area contributed by atoms with Crippen molar-refractivity contribution in [3.8, 4) is 11.5 Å². The highest BCUT2D eigenvalue weighted by Gasteiger charge is 2.74. The van der Waals surface area contributed by atoms with E-state index < -0.39 is 23.2 Å². The van der Waals surface area contributed by atoms with Gasteiger partial charge in [0.15, 0.2) is 23.4 Å². The van der Waals surface area contributed by atoms with Gasteiger partial charge in [0.05, 0.1) is 11.5 Å². The summed E-state index contributed by atoms with van der Waals surface area (Å²) >= 11 is 0. The average molecular weight is 480 g/mol. The summed E-state index contributed by atoms with van der Waals surface area (Å²) in [5, 5.41) is 23.4. The predicted molar refractivity (Wildman–Crippen MR) is 133 cm³/mol. The van der Waals surface area contributed by atoms with Crippen LogP contribution in [0.2, 0.25) is 0 Å². The second-order valence-corrected chi connectivity index (χ2v) is 10.3. The van der Waals surface area contributed by atoms with Gasteiger partial charge in [0.25, 0.3) is 5.91 Å². The van der Waals surface area contributed by atoms with Crippen LogP contribution >= 0.6 is 0 Å². The molecule has 6 nitrogen and oxygen atoms in total. The van der Waals surface area contributed by atoms with Crippen LogP contribution < -0.4 is 4.74 Å². The van der Waals surface area contributed by atoms with Crippen LogP contribution in [0.3, 0.4) is 0 Å². The van der Waals surface area contributed by atoms with E-state index >= 15 is 0 Å². The maximum atomic E-state index is 13.9. The Kier molecular flexibility index (Phi) is 4.34. The van der Waals surface area contributed by atoms with Gasteiger partial charge in [0, 0.05) is 29.7 Å². The number of ketones is 1. The zero-order valence-corrected chi connectivity index (χ0v) is 19.6. The standard InChI is InChI=1S/C30H25NO5/c32-22-12-11-20-16-23-30(35)17-21(15-18-7-3-1-4-8-18)25(33)27-29(30,24(20)26(22)36-27)13-14-31(23)28(34)19-9-5-2-6-10-19/h1-12,15,23,27,32,35H,13-14,16-17H2/b21-15+/t23-,27+,29+,30-/m1/s1. The molecule has 6 heteroatoms. The molecule has 180 valence electrons. The van der Waals surface area contributed by atoms with Crippen LogP contribution in [0.4, 0.5) is 0 Å². The molecule has 36 heavy (non-hydrogen) atoms. The highest BCUT2D eigenvalue weighted by Crippen LogP contribution is 2.65. The van der Waals surface area contributed by atoms with Crippen molar-refractivity contribution in [2.24, 2.45) is 0 Å². The molecule has 2 heterocycles. The zero-order valence-electron chi connectivity index (χ0n) is 19.6. The molecule has 0 aromatic heterocycles. The number of carbonyl (C=O) groups excluding carboxylic acids is 2. The first kappa shape index (κ1) is 21.4. The van der Waals surface area contributed by atoms with Crippen LogP contribution in [0.25, 0.3) is 6.08 Å². The minimum atomic E-state index is -1.43. The van der Waals surface area contributed by atoms with Crippen molar-refractivity contribution >= 4 is 17.8 Å². The predicted octanol–water partition coefficient (Wildman–Crippen LogP) is 3.65. The van der Waals surface area contributed by atoms with Crippen molar-refractivity contribution in [1.82, 2.24) is 4.90 Å². The third-order valence-corrected chi connectivity index (χ3v) is 8.65. The number of aliphatic hydroxyl groups is 1. The Morgan fingerprint density at radius 1 is 1.03 bits per heavy atom. The largest absolute Gasteiger partial charge is 0.504 e. The van der Waals surface area contributed by atoms with Crippen molar-refractivity contribution in [1.29, 1.82) is 0 Å². The molecule has 2 bridgehead atoms. The summed E-state index contributed by atoms with van der Waals surface area (Å²) in [7, 11) is 0. The van der Waals surface area contributed by atoms with E-state index in [1.165, 1.54) is 0 Å². The van der Waals surface area contributed by atoms with Gasteiger partial charge in [-0.25, -0.2) is 0 Å². The Bertz CT molecular complexity index is 1450. The Balaban J connectivity index is 1.42. The number of aromatic hydroxyl groups is 1. The first-order chi connectivity index (χ1) is 17.4. The number of benzene rings is 3. The topological polar surface area (TPSA) is 87.1 Å². The van der Waals surface area contributed by atoms with Gasteiger partial charge in [-0.3, -0.25) is 9.59 Å². The van der Waals surface area contributed by atoms with Gasteiger partial charge in [-0.1, -0.05) is 54.6 Å². The number of phenols is 1. The van der Waals surface area contributed by atoms with E-state index in [9.17, 15) is 19.8 Å². The molecule has 2 aliphatic carbocycles. The number of amides is 1. The molecule has 3 aromatic rings. The molecule has 2 N–H and O–H groups in total. The fourth-order valence-electron chi connectivity index (χ4n) is 7.11. The summed E-state index contributed by atoms with van der Waals surface area (Å²) < 4.78 is 6.23. The van der Waals surface area contributed by atoms with Crippen molar-refractivity contribution in [3.63, 3.8) is 0 Å². The molecule has 2 fully saturated rings. The Morgan fingerprint density at radius 3 is 2.50 bits per heavy atom. The fraction of sp³-hybridized carbons (Fsp3) is 0.267. The molecule has 1 amide bonds. The number of rotatable bonds is 2. The van der Waals surface area contributed by atoms with Crippen molar-refractivity contribution in [2.45, 2.75) is 42.4 Å². The highest BCUT2D eigenvalue weighted by atomic mass is 16.5. The molecule has 1 saturated heterocycles. The summed E-state index contributed by atoms with van der Waals surface area (Å²) in [6.07, 6.45) is 1.76. The van der Waals surface area contributed by atoms with Crippen molar-refractivity contribution in [2.75, 3.05) is 6.54 Å². The smallest absolute Gasteiger partial charge is 0.254 e. The number of phenolic OH excluding ortho intramolecular Hbond substituents is 1. The monoisotopic (exact) mass is 479 g/mol. The SMILES string of the molecule is O=C1/C(=C/c2ccccc2)C[C@@]2(O)[C@H]3Cc4ccc(O)c5c4[C@@]2(CCN3C(=O)c2ccccc2)[C@H]1O5. The van der Waals surface area contributed by atoms with E-state index in [1.807, 2.05) is 60.7 Å². The van der Waals surface area contributed by atoms with Crippen LogP contribution in [-0.4, -0.2) is 51.1 Å². The first-order valence-corrected chi connectivity index (χ1v) is 12.3. The van der Waals surface area contributed by atoms with Crippen molar-refractivity contribution < 1.29 is 24.5 Å². The summed E-state index contributed by atoms with van der Waals surface area (Å²) in [4.78, 5) is 29.3. The number of likely N-dealkylation sites (tertiary alicyclic amines) is 1. The van der Waals surface area contributed by atoms with Crippen LogP contribution in [0.1, 0.15) is 39.9 Å². The lowest BCUT2D eigenvalue weighted by atomic mass is 9.48. The molecule has 0 radical (unpaired) electrons. The minimum Gasteiger partial charge on any atom is -0.504 e. The molecule has 1 spiro atoms. The summed E-state index contributed by atoms with van der Waals surface area (Å²) in [6.45, 7) is 0.389. The fourth-order valence-corrected chi connectivity index (χ4v) is 7.11. The lowest BCUT2D eigenvalue weighted by Gasteiger charge is -2.62. The Labute approximate surface area is 208 Å². The molecular weight excluding hydrogens is 454 g/mol. The summed E-state index contributed by atoms with van der Waals surface area (Å²) in [5.41, 5.74) is 1.11. The Hall–Kier alpha value is -3.90. The van der Waals surface area contributed by atoms with Crippen LogP contribution in [0.5, 0.6) is 11.5 Å². The second-order valence-electron chi connectivity index (χ2n) is 10.3. The average Bonchev–Trinajstić information content (AvgIpc) is 3.25. The maximum Gasteiger partial charge on any atom is 0.254 e. The third kappa shape index (κ3) is 2.60. The van der Waals surface area contributed by atoms with E-state index in [4.69, 9.17) is 4.74 Å².